The first-order valence-electron chi connectivity index (χ1n) is 5.67. The molecule has 0 saturated carbocycles. The molecule has 0 bridgehead atoms. The van der Waals surface area contributed by atoms with E-state index in [-0.39, 0.29) is 11.9 Å². The predicted molar refractivity (Wildman–Crippen MR) is 72.2 cm³/mol. The first-order chi connectivity index (χ1) is 8.22. The molecule has 1 unspecified atom stereocenters. The molecule has 1 atom stereocenters. The normalized spacial score (nSPS) is 20.2. The number of hydrogen-bond donors (Lipinski definition) is 2. The molecule has 0 spiro atoms. The number of carbonyl (C=O) groups excluding carboxylic acids is 1. The molecule has 1 fully saturated rings. The van der Waals surface area contributed by atoms with Crippen LogP contribution in [0.2, 0.25) is 0 Å². The average Bonchev–Trinajstić information content (AvgIpc) is 2.33. The van der Waals surface area contributed by atoms with Crippen molar-refractivity contribution in [3.63, 3.8) is 0 Å². The molecular weight excluding hydrogens is 282 g/mol. The van der Waals surface area contributed by atoms with Crippen molar-refractivity contribution < 1.29 is 4.79 Å². The highest BCUT2D eigenvalue weighted by molar-refractivity contribution is 9.10. The number of nitrogens with zero attached hydrogens (tertiary/aromatic N) is 1. The van der Waals surface area contributed by atoms with Crippen LogP contribution in [0.5, 0.6) is 0 Å². The van der Waals surface area contributed by atoms with Gasteiger partial charge in [0.1, 0.15) is 6.04 Å². The fourth-order valence-corrected chi connectivity index (χ4v) is 2.32. The Balaban J connectivity index is 2.21. The van der Waals surface area contributed by atoms with Gasteiger partial charge in [0.05, 0.1) is 0 Å². The third kappa shape index (κ3) is 2.79. The summed E-state index contributed by atoms with van der Waals surface area (Å²) in [4.78, 5) is 14.0. The van der Waals surface area contributed by atoms with Gasteiger partial charge in [-0.25, -0.2) is 0 Å². The summed E-state index contributed by atoms with van der Waals surface area (Å²) in [6, 6.07) is 7.93. The molecule has 1 amide bonds. The number of rotatable bonds is 3. The number of carbonyl (C=O) groups is 1. The van der Waals surface area contributed by atoms with Crippen molar-refractivity contribution in [2.75, 3.05) is 31.6 Å². The maximum absolute atomic E-state index is 11.8. The largest absolute Gasteiger partial charge is 0.357 e. The Morgan fingerprint density at radius 1 is 1.47 bits per heavy atom. The maximum Gasteiger partial charge on any atom is 0.244 e. The Bertz CT molecular complexity index is 393. The van der Waals surface area contributed by atoms with Gasteiger partial charge in [-0.3, -0.25) is 4.79 Å². The van der Waals surface area contributed by atoms with Gasteiger partial charge < -0.3 is 15.5 Å². The fraction of sp³-hybridized carbons (Fsp3) is 0.417. The van der Waals surface area contributed by atoms with Gasteiger partial charge >= 0.3 is 0 Å². The first kappa shape index (κ1) is 12.4. The van der Waals surface area contributed by atoms with Crippen molar-refractivity contribution in [2.24, 2.45) is 0 Å². The molecular formula is C12H16BrN3O. The van der Waals surface area contributed by atoms with Crippen molar-refractivity contribution in [1.82, 2.24) is 10.6 Å². The Kier molecular flexibility index (Phi) is 4.02. The van der Waals surface area contributed by atoms with Gasteiger partial charge in [-0.2, -0.15) is 0 Å². The van der Waals surface area contributed by atoms with Crippen LogP contribution < -0.4 is 15.5 Å². The second-order valence-corrected chi connectivity index (χ2v) is 4.95. The highest BCUT2D eigenvalue weighted by Gasteiger charge is 2.28. The Labute approximate surface area is 110 Å². The summed E-state index contributed by atoms with van der Waals surface area (Å²) in [5.74, 6) is 0.0912. The molecule has 1 aliphatic heterocycles. The molecule has 1 heterocycles. The number of amides is 1. The van der Waals surface area contributed by atoms with E-state index in [1.165, 1.54) is 0 Å². The van der Waals surface area contributed by atoms with Crippen molar-refractivity contribution >= 4 is 27.5 Å². The molecule has 0 aromatic heterocycles. The van der Waals surface area contributed by atoms with E-state index in [4.69, 9.17) is 0 Å². The smallest absolute Gasteiger partial charge is 0.244 e. The SMILES string of the molecule is CNCC1C(=O)NCCN1c1ccc(Br)cc1. The first-order valence-corrected chi connectivity index (χ1v) is 6.46. The summed E-state index contributed by atoms with van der Waals surface area (Å²) in [7, 11) is 1.86. The summed E-state index contributed by atoms with van der Waals surface area (Å²) in [6.07, 6.45) is 0. The zero-order valence-electron chi connectivity index (χ0n) is 9.74. The Morgan fingerprint density at radius 3 is 2.82 bits per heavy atom. The lowest BCUT2D eigenvalue weighted by Crippen LogP contribution is -2.58. The molecule has 0 radical (unpaired) electrons. The molecule has 92 valence electrons. The maximum atomic E-state index is 11.8. The molecule has 2 rings (SSSR count). The van der Waals surface area contributed by atoms with Crippen molar-refractivity contribution in [1.29, 1.82) is 0 Å². The van der Waals surface area contributed by atoms with Gasteiger partial charge in [-0.15, -0.1) is 0 Å². The highest BCUT2D eigenvalue weighted by Crippen LogP contribution is 2.21. The average molecular weight is 298 g/mol. The van der Waals surface area contributed by atoms with E-state index < -0.39 is 0 Å². The quantitative estimate of drug-likeness (QED) is 0.874. The highest BCUT2D eigenvalue weighted by atomic mass is 79.9. The topological polar surface area (TPSA) is 44.4 Å². The van der Waals surface area contributed by atoms with Crippen LogP contribution in [0, 0.1) is 0 Å². The Morgan fingerprint density at radius 2 is 2.18 bits per heavy atom. The van der Waals surface area contributed by atoms with Crippen molar-refractivity contribution in [3.8, 4) is 0 Å². The predicted octanol–water partition coefficient (Wildman–Crippen LogP) is 0.973. The van der Waals surface area contributed by atoms with Crippen molar-refractivity contribution in [2.45, 2.75) is 6.04 Å². The van der Waals surface area contributed by atoms with Gasteiger partial charge in [0.25, 0.3) is 0 Å². The summed E-state index contributed by atoms with van der Waals surface area (Å²) in [5, 5.41) is 5.97. The number of hydrogen-bond acceptors (Lipinski definition) is 3. The van der Waals surface area contributed by atoms with E-state index in [1.54, 1.807) is 0 Å². The van der Waals surface area contributed by atoms with E-state index in [2.05, 4.69) is 31.5 Å². The lowest BCUT2D eigenvalue weighted by molar-refractivity contribution is -0.123. The number of nitrogens with one attached hydrogen (secondary N) is 2. The molecule has 1 saturated heterocycles. The van der Waals surface area contributed by atoms with Crippen LogP contribution in [0.3, 0.4) is 0 Å². The van der Waals surface area contributed by atoms with Crippen molar-refractivity contribution in [3.05, 3.63) is 28.7 Å². The van der Waals surface area contributed by atoms with E-state index in [9.17, 15) is 4.79 Å². The van der Waals surface area contributed by atoms with Gasteiger partial charge in [-0.1, -0.05) is 15.9 Å². The van der Waals surface area contributed by atoms with Gasteiger partial charge in [0.2, 0.25) is 5.91 Å². The van der Waals surface area contributed by atoms with Gasteiger partial charge in [0, 0.05) is 29.8 Å². The number of anilines is 1. The Hall–Kier alpha value is -1.07. The van der Waals surface area contributed by atoms with Crippen LogP contribution >= 0.6 is 15.9 Å². The minimum absolute atomic E-state index is 0.0912. The second-order valence-electron chi connectivity index (χ2n) is 4.03. The standard InChI is InChI=1S/C12H16BrN3O/c1-14-8-11-12(17)15-6-7-16(11)10-4-2-9(13)3-5-10/h2-5,11,14H,6-8H2,1H3,(H,15,17). The molecule has 1 aliphatic rings. The van der Waals surface area contributed by atoms with Crippen LogP contribution in [0.15, 0.2) is 28.7 Å². The van der Waals surface area contributed by atoms with E-state index >= 15 is 0 Å². The monoisotopic (exact) mass is 297 g/mol. The number of halogens is 1. The van der Waals surface area contributed by atoms with Gasteiger partial charge in [0.15, 0.2) is 0 Å². The number of likely N-dealkylation sites (N-methyl/N-ethyl adjacent to an activating group) is 1. The second kappa shape index (κ2) is 5.51. The van der Waals surface area contributed by atoms with E-state index in [0.717, 1.165) is 16.7 Å². The van der Waals surface area contributed by atoms with Crippen LogP contribution in [0.4, 0.5) is 5.69 Å². The molecule has 1 aromatic carbocycles. The molecule has 2 N–H and O–H groups in total. The van der Waals surface area contributed by atoms with Crippen LogP contribution in [0.1, 0.15) is 0 Å². The third-order valence-corrected chi connectivity index (χ3v) is 3.42. The third-order valence-electron chi connectivity index (χ3n) is 2.89. The zero-order chi connectivity index (χ0) is 12.3. The number of benzene rings is 1. The molecule has 5 heteroatoms. The number of piperazine rings is 1. The van der Waals surface area contributed by atoms with Crippen LogP contribution in [-0.4, -0.2) is 38.6 Å². The fourth-order valence-electron chi connectivity index (χ4n) is 2.05. The molecule has 0 aliphatic carbocycles. The van der Waals surface area contributed by atoms with E-state index in [1.807, 2.05) is 31.3 Å². The lowest BCUT2D eigenvalue weighted by atomic mass is 10.1. The van der Waals surface area contributed by atoms with E-state index in [0.29, 0.717) is 13.1 Å². The minimum Gasteiger partial charge on any atom is -0.357 e. The summed E-state index contributed by atoms with van der Waals surface area (Å²) in [5.41, 5.74) is 1.09. The summed E-state index contributed by atoms with van der Waals surface area (Å²) >= 11 is 3.42. The molecule has 17 heavy (non-hydrogen) atoms. The summed E-state index contributed by atoms with van der Waals surface area (Å²) in [6.45, 7) is 2.21. The lowest BCUT2D eigenvalue weighted by Gasteiger charge is -2.36. The van der Waals surface area contributed by atoms with Crippen LogP contribution in [-0.2, 0) is 4.79 Å². The zero-order valence-corrected chi connectivity index (χ0v) is 11.3. The molecule has 1 aromatic rings. The summed E-state index contributed by atoms with van der Waals surface area (Å²) < 4.78 is 1.05. The van der Waals surface area contributed by atoms with Gasteiger partial charge in [-0.05, 0) is 31.3 Å². The molecule has 4 nitrogen and oxygen atoms in total. The minimum atomic E-state index is -0.130. The van der Waals surface area contributed by atoms with Crippen LogP contribution in [0.25, 0.3) is 0 Å².